The van der Waals surface area contributed by atoms with Gasteiger partial charge in [0.05, 0.1) is 0 Å². The lowest BCUT2D eigenvalue weighted by atomic mass is 10.0. The molecule has 1 amide bonds. The van der Waals surface area contributed by atoms with Gasteiger partial charge in [0.25, 0.3) is 0 Å². The van der Waals surface area contributed by atoms with Crippen LogP contribution in [0.4, 0.5) is 4.79 Å². The first-order valence-electron chi connectivity index (χ1n) is 8.77. The molecule has 4 nitrogen and oxygen atoms in total. The number of rotatable bonds is 4. The van der Waals surface area contributed by atoms with E-state index in [1.54, 1.807) is 0 Å². The molecule has 1 aliphatic heterocycles. The van der Waals surface area contributed by atoms with Crippen LogP contribution >= 0.6 is 0 Å². The van der Waals surface area contributed by atoms with Crippen LogP contribution in [0.25, 0.3) is 0 Å². The highest BCUT2D eigenvalue weighted by molar-refractivity contribution is 5.68. The summed E-state index contributed by atoms with van der Waals surface area (Å²) in [6.07, 6.45) is 6.09. The number of ether oxygens (including phenoxy) is 1. The highest BCUT2D eigenvalue weighted by Gasteiger charge is 2.27. The van der Waals surface area contributed by atoms with Gasteiger partial charge in [-0.15, -0.1) is 0 Å². The van der Waals surface area contributed by atoms with E-state index in [9.17, 15) is 4.79 Å². The number of benzene rings is 1. The van der Waals surface area contributed by atoms with Crippen LogP contribution in [-0.4, -0.2) is 35.2 Å². The van der Waals surface area contributed by atoms with Gasteiger partial charge in [0.2, 0.25) is 0 Å². The fraction of sp³-hybridized carbons (Fsp3) is 0.550. The quantitative estimate of drug-likeness (QED) is 0.844. The van der Waals surface area contributed by atoms with Gasteiger partial charge in [-0.3, -0.25) is 4.90 Å². The summed E-state index contributed by atoms with van der Waals surface area (Å²) in [5.74, 6) is 0. The first-order valence-corrected chi connectivity index (χ1v) is 8.77. The molecule has 1 unspecified atom stereocenters. The van der Waals surface area contributed by atoms with Crippen molar-refractivity contribution in [1.82, 2.24) is 10.2 Å². The smallest absolute Gasteiger partial charge is 0.407 e. The molecule has 1 aromatic carbocycles. The molecule has 1 heterocycles. The van der Waals surface area contributed by atoms with E-state index in [1.807, 2.05) is 26.8 Å². The van der Waals surface area contributed by atoms with Crippen molar-refractivity contribution in [1.29, 1.82) is 0 Å². The van der Waals surface area contributed by atoms with Crippen LogP contribution in [-0.2, 0) is 11.3 Å². The second-order valence-corrected chi connectivity index (χ2v) is 7.45. The molecule has 2 atom stereocenters. The summed E-state index contributed by atoms with van der Waals surface area (Å²) in [4.78, 5) is 14.5. The Morgan fingerprint density at radius 2 is 2.00 bits per heavy atom. The Morgan fingerprint density at radius 3 is 2.67 bits per heavy atom. The number of amides is 1. The molecule has 0 bridgehead atoms. The minimum atomic E-state index is -0.475. The molecule has 132 valence electrons. The predicted octanol–water partition coefficient (Wildman–Crippen LogP) is 4.12. The van der Waals surface area contributed by atoms with E-state index in [-0.39, 0.29) is 18.2 Å². The maximum absolute atomic E-state index is 12.1. The van der Waals surface area contributed by atoms with Gasteiger partial charge in [0, 0.05) is 25.2 Å². The fourth-order valence-electron chi connectivity index (χ4n) is 3.03. The SMILES string of the molecule is CC(NC(=O)OC(C)(C)C)[C@@H]1CC=CCCN1Cc1ccccc1. The Labute approximate surface area is 145 Å². The monoisotopic (exact) mass is 330 g/mol. The molecule has 0 aromatic heterocycles. The standard InChI is InChI=1S/C20H30N2O2/c1-16(21-19(23)24-20(2,3)4)18-13-9-6-10-14-22(18)15-17-11-7-5-8-12-17/h5-9,11-12,16,18H,10,13-15H2,1-4H3,(H,21,23)/t16?,18-/m0/s1. The molecule has 0 radical (unpaired) electrons. The van der Waals surface area contributed by atoms with Crippen LogP contribution in [0.2, 0.25) is 0 Å². The van der Waals surface area contributed by atoms with Gasteiger partial charge in [-0.1, -0.05) is 42.5 Å². The zero-order valence-electron chi connectivity index (χ0n) is 15.3. The lowest BCUT2D eigenvalue weighted by Crippen LogP contribution is -2.50. The summed E-state index contributed by atoms with van der Waals surface area (Å²) < 4.78 is 5.40. The van der Waals surface area contributed by atoms with Crippen LogP contribution in [0, 0.1) is 0 Å². The van der Waals surface area contributed by atoms with Crippen molar-refractivity contribution in [3.8, 4) is 0 Å². The van der Waals surface area contributed by atoms with Gasteiger partial charge in [0.15, 0.2) is 0 Å². The number of carbonyl (C=O) groups is 1. The highest BCUT2D eigenvalue weighted by Crippen LogP contribution is 2.19. The van der Waals surface area contributed by atoms with Crippen molar-refractivity contribution >= 4 is 6.09 Å². The third-order valence-corrected chi connectivity index (χ3v) is 4.15. The number of hydrogen-bond acceptors (Lipinski definition) is 3. The topological polar surface area (TPSA) is 41.6 Å². The van der Waals surface area contributed by atoms with E-state index in [2.05, 4.69) is 53.6 Å². The van der Waals surface area contributed by atoms with Gasteiger partial charge in [0.1, 0.15) is 5.60 Å². The molecule has 1 N–H and O–H groups in total. The zero-order chi connectivity index (χ0) is 17.6. The Balaban J connectivity index is 2.02. The summed E-state index contributed by atoms with van der Waals surface area (Å²) in [5.41, 5.74) is 0.825. The largest absolute Gasteiger partial charge is 0.444 e. The fourth-order valence-corrected chi connectivity index (χ4v) is 3.03. The average molecular weight is 330 g/mol. The van der Waals surface area contributed by atoms with Crippen LogP contribution in [0.3, 0.4) is 0 Å². The number of carbonyl (C=O) groups excluding carboxylic acids is 1. The number of alkyl carbamates (subject to hydrolysis) is 1. The van der Waals surface area contributed by atoms with Crippen LogP contribution in [0.15, 0.2) is 42.5 Å². The van der Waals surface area contributed by atoms with Crippen LogP contribution in [0.1, 0.15) is 46.1 Å². The third-order valence-electron chi connectivity index (χ3n) is 4.15. The summed E-state index contributed by atoms with van der Waals surface area (Å²) in [7, 11) is 0. The molecule has 2 rings (SSSR count). The van der Waals surface area contributed by atoms with Crippen molar-refractivity contribution < 1.29 is 9.53 Å². The Hall–Kier alpha value is -1.81. The molecule has 0 fully saturated rings. The van der Waals surface area contributed by atoms with Crippen molar-refractivity contribution in [3.63, 3.8) is 0 Å². The van der Waals surface area contributed by atoms with Gasteiger partial charge in [-0.25, -0.2) is 4.79 Å². The lowest BCUT2D eigenvalue weighted by Gasteiger charge is -2.35. The molecule has 0 saturated heterocycles. The van der Waals surface area contributed by atoms with Crippen molar-refractivity contribution in [2.45, 2.75) is 64.8 Å². The number of hydrogen-bond donors (Lipinski definition) is 1. The summed E-state index contributed by atoms with van der Waals surface area (Å²) in [6, 6.07) is 10.8. The highest BCUT2D eigenvalue weighted by atomic mass is 16.6. The normalized spacial score (nSPS) is 20.2. The van der Waals surface area contributed by atoms with E-state index >= 15 is 0 Å². The minimum Gasteiger partial charge on any atom is -0.444 e. The third kappa shape index (κ3) is 6.00. The molecule has 1 aliphatic rings. The van der Waals surface area contributed by atoms with Gasteiger partial charge in [-0.2, -0.15) is 0 Å². The van der Waals surface area contributed by atoms with E-state index in [1.165, 1.54) is 5.56 Å². The Bertz CT molecular complexity index is 549. The zero-order valence-corrected chi connectivity index (χ0v) is 15.3. The molecule has 1 aromatic rings. The second-order valence-electron chi connectivity index (χ2n) is 7.45. The molecule has 0 spiro atoms. The molecule has 0 saturated carbocycles. The average Bonchev–Trinajstić information content (AvgIpc) is 2.71. The number of nitrogens with one attached hydrogen (secondary N) is 1. The van der Waals surface area contributed by atoms with E-state index < -0.39 is 5.60 Å². The predicted molar refractivity (Wildman–Crippen MR) is 97.8 cm³/mol. The minimum absolute atomic E-state index is 0.0197. The van der Waals surface area contributed by atoms with Gasteiger partial charge >= 0.3 is 6.09 Å². The Morgan fingerprint density at radius 1 is 1.29 bits per heavy atom. The molecular formula is C20H30N2O2. The summed E-state index contributed by atoms with van der Waals surface area (Å²) in [6.45, 7) is 9.60. The van der Waals surface area contributed by atoms with E-state index in [0.717, 1.165) is 25.9 Å². The molecular weight excluding hydrogens is 300 g/mol. The maximum atomic E-state index is 12.1. The first-order chi connectivity index (χ1) is 11.3. The van der Waals surface area contributed by atoms with E-state index in [4.69, 9.17) is 4.74 Å². The van der Waals surface area contributed by atoms with Gasteiger partial charge < -0.3 is 10.1 Å². The second kappa shape index (κ2) is 8.34. The lowest BCUT2D eigenvalue weighted by molar-refractivity contribution is 0.0466. The number of nitrogens with zero attached hydrogens (tertiary/aromatic N) is 1. The van der Waals surface area contributed by atoms with Crippen molar-refractivity contribution in [3.05, 3.63) is 48.0 Å². The van der Waals surface area contributed by atoms with Crippen molar-refractivity contribution in [2.75, 3.05) is 6.54 Å². The van der Waals surface area contributed by atoms with E-state index in [0.29, 0.717) is 0 Å². The van der Waals surface area contributed by atoms with Crippen LogP contribution < -0.4 is 5.32 Å². The first kappa shape index (κ1) is 18.5. The van der Waals surface area contributed by atoms with Crippen LogP contribution in [0.5, 0.6) is 0 Å². The molecule has 0 aliphatic carbocycles. The summed E-state index contributed by atoms with van der Waals surface area (Å²) >= 11 is 0. The molecule has 4 heteroatoms. The maximum Gasteiger partial charge on any atom is 0.407 e. The Kier molecular flexibility index (Phi) is 6.44. The summed E-state index contributed by atoms with van der Waals surface area (Å²) in [5, 5.41) is 3.01. The molecule has 24 heavy (non-hydrogen) atoms. The van der Waals surface area contributed by atoms with Gasteiger partial charge in [-0.05, 0) is 46.1 Å². The van der Waals surface area contributed by atoms with Crippen molar-refractivity contribution in [2.24, 2.45) is 0 Å².